The normalized spacial score (nSPS) is 20.9. The van der Waals surface area contributed by atoms with Gasteiger partial charge in [-0.15, -0.1) is 0 Å². The number of rotatable bonds is 1. The number of alkyl halides is 3. The molecule has 1 aliphatic heterocycles. The van der Waals surface area contributed by atoms with Gasteiger partial charge < -0.3 is 0 Å². The highest BCUT2D eigenvalue weighted by molar-refractivity contribution is 5.80. The number of allylic oxidation sites excluding steroid dienone is 2. The van der Waals surface area contributed by atoms with Crippen LogP contribution in [0.2, 0.25) is 0 Å². The van der Waals surface area contributed by atoms with Crippen LogP contribution >= 0.6 is 0 Å². The number of hydrazine groups is 1. The fraction of sp³-hybridized carbons (Fsp3) is 0.273. The Hall–Kier alpha value is -1.89. The Bertz CT molecular complexity index is 484. The van der Waals surface area contributed by atoms with Crippen LogP contribution in [0.5, 0.6) is 0 Å². The third kappa shape index (κ3) is 2.35. The van der Waals surface area contributed by atoms with Crippen molar-refractivity contribution in [2.24, 2.45) is 5.84 Å². The second-order valence-corrected chi connectivity index (χ2v) is 3.91. The minimum Gasteiger partial charge on any atom is -0.273 e. The second-order valence-electron chi connectivity index (χ2n) is 3.91. The van der Waals surface area contributed by atoms with Gasteiger partial charge in [0.25, 0.3) is 0 Å². The molecule has 7 heteroatoms. The highest BCUT2D eigenvalue weighted by Crippen LogP contribution is 2.35. The number of carbonyl (C=O) groups excluding carboxylic acids is 1. The minimum absolute atomic E-state index is 0.0955. The first kappa shape index (κ1) is 12.6. The second kappa shape index (κ2) is 4.41. The molecule has 1 aromatic heterocycles. The number of hydrogen-bond acceptors (Lipinski definition) is 3. The van der Waals surface area contributed by atoms with E-state index in [0.29, 0.717) is 5.56 Å². The maximum Gasteiger partial charge on any atom is 0.432 e. The average Bonchev–Trinajstić information content (AvgIpc) is 2.32. The van der Waals surface area contributed by atoms with Crippen molar-refractivity contribution in [1.82, 2.24) is 9.99 Å². The first-order valence-electron chi connectivity index (χ1n) is 5.16. The van der Waals surface area contributed by atoms with Gasteiger partial charge in [-0.2, -0.15) is 13.2 Å². The van der Waals surface area contributed by atoms with Crippen molar-refractivity contribution < 1.29 is 18.0 Å². The molecule has 1 amide bonds. The Morgan fingerprint density at radius 1 is 1.44 bits per heavy atom. The van der Waals surface area contributed by atoms with E-state index in [1.54, 1.807) is 12.1 Å². The lowest BCUT2D eigenvalue weighted by molar-refractivity contribution is -0.144. The summed E-state index contributed by atoms with van der Waals surface area (Å²) in [4.78, 5) is 15.3. The molecule has 0 bridgehead atoms. The van der Waals surface area contributed by atoms with Crippen molar-refractivity contribution in [2.75, 3.05) is 0 Å². The van der Waals surface area contributed by atoms with Gasteiger partial charge in [0.2, 0.25) is 5.91 Å². The molecule has 2 N–H and O–H groups in total. The zero-order valence-electron chi connectivity index (χ0n) is 9.19. The number of pyridine rings is 1. The Balaban J connectivity index is 2.40. The molecule has 96 valence electrons. The topological polar surface area (TPSA) is 59.2 Å². The van der Waals surface area contributed by atoms with Gasteiger partial charge in [0.1, 0.15) is 5.70 Å². The highest BCUT2D eigenvalue weighted by Gasteiger charge is 2.42. The zero-order chi connectivity index (χ0) is 13.3. The summed E-state index contributed by atoms with van der Waals surface area (Å²) in [5.41, 5.74) is -0.576. The predicted molar refractivity (Wildman–Crippen MR) is 56.8 cm³/mol. The summed E-state index contributed by atoms with van der Waals surface area (Å²) in [6, 6.07) is 3.23. The summed E-state index contributed by atoms with van der Waals surface area (Å²) in [7, 11) is 0. The molecule has 0 aliphatic carbocycles. The lowest BCUT2D eigenvalue weighted by atomic mass is 9.92. The minimum atomic E-state index is -4.65. The maximum atomic E-state index is 12.7. The fourth-order valence-corrected chi connectivity index (χ4v) is 1.79. The lowest BCUT2D eigenvalue weighted by Crippen LogP contribution is -2.45. The van der Waals surface area contributed by atoms with Gasteiger partial charge in [-0.3, -0.25) is 9.78 Å². The molecule has 2 rings (SSSR count). The monoisotopic (exact) mass is 257 g/mol. The molecule has 1 atom stereocenters. The smallest absolute Gasteiger partial charge is 0.273 e. The lowest BCUT2D eigenvalue weighted by Gasteiger charge is -2.29. The van der Waals surface area contributed by atoms with Gasteiger partial charge in [-0.1, -0.05) is 6.07 Å². The van der Waals surface area contributed by atoms with Crippen molar-refractivity contribution >= 4 is 5.91 Å². The van der Waals surface area contributed by atoms with Crippen LogP contribution in [-0.4, -0.2) is 22.1 Å². The van der Waals surface area contributed by atoms with Crippen LogP contribution in [-0.2, 0) is 4.79 Å². The third-order valence-corrected chi connectivity index (χ3v) is 2.68. The summed E-state index contributed by atoms with van der Waals surface area (Å²) >= 11 is 0. The Morgan fingerprint density at radius 3 is 2.72 bits per heavy atom. The van der Waals surface area contributed by atoms with Crippen molar-refractivity contribution in [3.8, 4) is 0 Å². The molecule has 2 heterocycles. The number of carbonyl (C=O) groups is 1. The largest absolute Gasteiger partial charge is 0.432 e. The van der Waals surface area contributed by atoms with E-state index >= 15 is 0 Å². The molecule has 18 heavy (non-hydrogen) atoms. The first-order chi connectivity index (χ1) is 8.39. The molecule has 0 aromatic carbocycles. The van der Waals surface area contributed by atoms with Gasteiger partial charge in [0.05, 0.1) is 0 Å². The SMILES string of the molecule is NN1C(=O)CC(c2cccnc2)C=C1C(F)(F)F. The van der Waals surface area contributed by atoms with E-state index in [1.165, 1.54) is 12.4 Å². The van der Waals surface area contributed by atoms with E-state index in [0.717, 1.165) is 6.08 Å². The first-order valence-corrected chi connectivity index (χ1v) is 5.16. The summed E-state index contributed by atoms with van der Waals surface area (Å²) in [6.45, 7) is 0. The highest BCUT2D eigenvalue weighted by atomic mass is 19.4. The standard InChI is InChI=1S/C11H10F3N3O/c12-11(13,14)9-4-8(5-10(18)17(9)15)7-2-1-3-16-6-7/h1-4,6,8H,5,15H2. The van der Waals surface area contributed by atoms with Crippen molar-refractivity contribution in [2.45, 2.75) is 18.5 Å². The fourth-order valence-electron chi connectivity index (χ4n) is 1.79. The van der Waals surface area contributed by atoms with Crippen molar-refractivity contribution in [3.63, 3.8) is 0 Å². The number of amides is 1. The quantitative estimate of drug-likeness (QED) is 0.615. The van der Waals surface area contributed by atoms with Gasteiger partial charge in [-0.05, 0) is 17.7 Å². The zero-order valence-corrected chi connectivity index (χ0v) is 9.19. The molecule has 4 nitrogen and oxygen atoms in total. The van der Waals surface area contributed by atoms with Gasteiger partial charge in [0, 0.05) is 24.7 Å². The molecule has 1 unspecified atom stereocenters. The number of nitrogens with zero attached hydrogens (tertiary/aromatic N) is 2. The van der Waals surface area contributed by atoms with E-state index in [2.05, 4.69) is 4.98 Å². The van der Waals surface area contributed by atoms with E-state index in [4.69, 9.17) is 5.84 Å². The van der Waals surface area contributed by atoms with Crippen LogP contribution in [0.25, 0.3) is 0 Å². The molecule has 0 radical (unpaired) electrons. The Kier molecular flexibility index (Phi) is 3.08. The van der Waals surface area contributed by atoms with Crippen molar-refractivity contribution in [1.29, 1.82) is 0 Å². The van der Waals surface area contributed by atoms with E-state index in [1.807, 2.05) is 0 Å². The van der Waals surface area contributed by atoms with Gasteiger partial charge in [-0.25, -0.2) is 10.9 Å². The summed E-state index contributed by atoms with van der Waals surface area (Å²) in [6.07, 6.45) is -0.835. The summed E-state index contributed by atoms with van der Waals surface area (Å²) in [5.74, 6) is 3.71. The molecule has 1 aliphatic rings. The third-order valence-electron chi connectivity index (χ3n) is 2.68. The number of halogens is 3. The molecule has 0 fully saturated rings. The average molecular weight is 257 g/mol. The molecule has 0 saturated heterocycles. The Morgan fingerprint density at radius 2 is 2.17 bits per heavy atom. The van der Waals surface area contributed by atoms with Crippen molar-refractivity contribution in [3.05, 3.63) is 41.9 Å². The van der Waals surface area contributed by atoms with Crippen LogP contribution in [0.15, 0.2) is 36.3 Å². The van der Waals surface area contributed by atoms with Crippen LogP contribution in [0.3, 0.4) is 0 Å². The molecular formula is C11H10F3N3O. The Labute approximate surface area is 101 Å². The number of hydrogen-bond donors (Lipinski definition) is 1. The van der Waals surface area contributed by atoms with Crippen LogP contribution in [0, 0.1) is 0 Å². The van der Waals surface area contributed by atoms with Gasteiger partial charge in [0.15, 0.2) is 0 Å². The molecule has 0 spiro atoms. The molecule has 0 saturated carbocycles. The summed E-state index contributed by atoms with van der Waals surface area (Å²) in [5, 5.41) is 0.160. The van der Waals surface area contributed by atoms with Gasteiger partial charge >= 0.3 is 6.18 Å². The van der Waals surface area contributed by atoms with E-state index < -0.39 is 23.7 Å². The van der Waals surface area contributed by atoms with E-state index in [9.17, 15) is 18.0 Å². The number of nitrogens with two attached hydrogens (primary N) is 1. The predicted octanol–water partition coefficient (Wildman–Crippen LogP) is 1.72. The van der Waals surface area contributed by atoms with Crippen LogP contribution < -0.4 is 5.84 Å². The van der Waals surface area contributed by atoms with E-state index in [-0.39, 0.29) is 11.4 Å². The maximum absolute atomic E-state index is 12.7. The molecular weight excluding hydrogens is 247 g/mol. The number of aromatic nitrogens is 1. The van der Waals surface area contributed by atoms with Crippen LogP contribution in [0.4, 0.5) is 13.2 Å². The van der Waals surface area contributed by atoms with Crippen LogP contribution in [0.1, 0.15) is 17.9 Å². The summed E-state index contributed by atoms with van der Waals surface area (Å²) < 4.78 is 38.1. The molecule has 1 aromatic rings.